The number of carbonyl (C=O) groups excluding carboxylic acids is 1. The van der Waals surface area contributed by atoms with E-state index < -0.39 is 15.4 Å². The first-order chi connectivity index (χ1) is 10.6. The molecule has 0 aromatic heterocycles. The molecule has 23 heavy (non-hydrogen) atoms. The zero-order valence-corrected chi connectivity index (χ0v) is 15.0. The number of hydrogen-bond acceptors (Lipinski definition) is 4. The summed E-state index contributed by atoms with van der Waals surface area (Å²) in [4.78, 5) is 13.8. The molecule has 1 aromatic rings. The van der Waals surface area contributed by atoms with Crippen molar-refractivity contribution in [3.8, 4) is 5.75 Å². The minimum absolute atomic E-state index is 0.0192. The molecule has 1 aromatic carbocycles. The highest BCUT2D eigenvalue weighted by Crippen LogP contribution is 2.28. The monoisotopic (exact) mass is 339 g/mol. The van der Waals surface area contributed by atoms with E-state index in [1.165, 1.54) is 10.5 Å². The number of sulfone groups is 1. The van der Waals surface area contributed by atoms with Crippen LogP contribution in [-0.2, 0) is 14.6 Å². The van der Waals surface area contributed by atoms with Crippen LogP contribution in [0.2, 0.25) is 0 Å². The largest absolute Gasteiger partial charge is 0.484 e. The molecule has 0 spiro atoms. The van der Waals surface area contributed by atoms with Gasteiger partial charge < -0.3 is 9.64 Å². The fourth-order valence-corrected chi connectivity index (χ4v) is 4.93. The van der Waals surface area contributed by atoms with Gasteiger partial charge in [0, 0.05) is 7.05 Å². The summed E-state index contributed by atoms with van der Waals surface area (Å²) >= 11 is 0. The third-order valence-electron chi connectivity index (χ3n) is 4.58. The van der Waals surface area contributed by atoms with Crippen LogP contribution in [-0.4, -0.2) is 49.9 Å². The van der Waals surface area contributed by atoms with Gasteiger partial charge in [-0.1, -0.05) is 26.0 Å². The SMILES string of the molecule is CC(C)c1ccc(OCC(=O)N(C)C2(C)CCS(=O)(=O)C2)cc1. The van der Waals surface area contributed by atoms with Crippen molar-refractivity contribution in [2.45, 2.75) is 38.6 Å². The summed E-state index contributed by atoms with van der Waals surface area (Å²) in [5, 5.41) is 0. The smallest absolute Gasteiger partial charge is 0.260 e. The summed E-state index contributed by atoms with van der Waals surface area (Å²) in [5.41, 5.74) is 0.574. The average Bonchev–Trinajstić information content (AvgIpc) is 2.79. The molecule has 0 saturated carbocycles. The van der Waals surface area contributed by atoms with Gasteiger partial charge in [0.25, 0.3) is 5.91 Å². The number of carbonyl (C=O) groups is 1. The quantitative estimate of drug-likeness (QED) is 0.825. The Morgan fingerprint density at radius 1 is 1.30 bits per heavy atom. The lowest BCUT2D eigenvalue weighted by Crippen LogP contribution is -2.49. The summed E-state index contributed by atoms with van der Waals surface area (Å²) in [6, 6.07) is 7.67. The van der Waals surface area contributed by atoms with Crippen LogP contribution in [0.4, 0.5) is 0 Å². The molecule has 0 N–H and O–H groups in total. The van der Waals surface area contributed by atoms with Crippen LogP contribution in [0.5, 0.6) is 5.75 Å². The summed E-state index contributed by atoms with van der Waals surface area (Å²) in [6.07, 6.45) is 0.473. The van der Waals surface area contributed by atoms with Gasteiger partial charge in [-0.3, -0.25) is 4.79 Å². The predicted octanol–water partition coefficient (Wildman–Crippen LogP) is 2.22. The molecule has 1 atom stereocenters. The summed E-state index contributed by atoms with van der Waals surface area (Å²) in [7, 11) is -1.40. The van der Waals surface area contributed by atoms with Crippen molar-refractivity contribution in [2.24, 2.45) is 0 Å². The Kier molecular flexibility index (Phi) is 5.04. The Labute approximate surface area is 138 Å². The van der Waals surface area contributed by atoms with Gasteiger partial charge in [-0.15, -0.1) is 0 Å². The Morgan fingerprint density at radius 3 is 2.39 bits per heavy atom. The molecule has 6 heteroatoms. The van der Waals surface area contributed by atoms with Crippen molar-refractivity contribution < 1.29 is 17.9 Å². The summed E-state index contributed by atoms with van der Waals surface area (Å²) in [5.74, 6) is 1.03. The summed E-state index contributed by atoms with van der Waals surface area (Å²) < 4.78 is 28.9. The summed E-state index contributed by atoms with van der Waals surface area (Å²) in [6.45, 7) is 5.95. The van der Waals surface area contributed by atoms with Crippen molar-refractivity contribution in [1.29, 1.82) is 0 Å². The normalized spacial score (nSPS) is 23.0. The highest BCUT2D eigenvalue weighted by Gasteiger charge is 2.43. The van der Waals surface area contributed by atoms with Crippen LogP contribution in [0, 0.1) is 0 Å². The second-order valence-corrected chi connectivity index (χ2v) is 8.99. The van der Waals surface area contributed by atoms with E-state index in [0.717, 1.165) is 0 Å². The van der Waals surface area contributed by atoms with Gasteiger partial charge in [0.1, 0.15) is 5.75 Å². The van der Waals surface area contributed by atoms with E-state index in [2.05, 4.69) is 13.8 Å². The molecule has 1 unspecified atom stereocenters. The molecule has 1 heterocycles. The third kappa shape index (κ3) is 4.25. The van der Waals surface area contributed by atoms with Gasteiger partial charge >= 0.3 is 0 Å². The molecule has 1 aliphatic heterocycles. The van der Waals surface area contributed by atoms with Crippen molar-refractivity contribution in [3.05, 3.63) is 29.8 Å². The molecule has 1 fully saturated rings. The number of rotatable bonds is 5. The molecular formula is C17H25NO4S. The third-order valence-corrected chi connectivity index (χ3v) is 6.46. The molecule has 1 saturated heterocycles. The van der Waals surface area contributed by atoms with Gasteiger partial charge in [-0.05, 0) is 37.0 Å². The average molecular weight is 339 g/mol. The number of likely N-dealkylation sites (N-methyl/N-ethyl adjacent to an activating group) is 1. The van der Waals surface area contributed by atoms with E-state index in [0.29, 0.717) is 18.1 Å². The highest BCUT2D eigenvalue weighted by molar-refractivity contribution is 7.91. The van der Waals surface area contributed by atoms with E-state index in [9.17, 15) is 13.2 Å². The fourth-order valence-electron chi connectivity index (χ4n) is 2.75. The lowest BCUT2D eigenvalue weighted by molar-refractivity contribution is -0.136. The lowest BCUT2D eigenvalue weighted by Gasteiger charge is -2.34. The zero-order chi connectivity index (χ0) is 17.3. The molecule has 0 bridgehead atoms. The minimum atomic E-state index is -3.05. The Bertz CT molecular complexity index is 666. The molecule has 1 amide bonds. The van der Waals surface area contributed by atoms with Crippen LogP contribution in [0.15, 0.2) is 24.3 Å². The maximum absolute atomic E-state index is 12.3. The molecule has 128 valence electrons. The van der Waals surface area contributed by atoms with Crippen molar-refractivity contribution >= 4 is 15.7 Å². The Balaban J connectivity index is 1.94. The van der Waals surface area contributed by atoms with Crippen LogP contribution < -0.4 is 4.74 Å². The highest BCUT2D eigenvalue weighted by atomic mass is 32.2. The topological polar surface area (TPSA) is 63.7 Å². The van der Waals surface area contributed by atoms with Crippen LogP contribution in [0.3, 0.4) is 0 Å². The van der Waals surface area contributed by atoms with Gasteiger partial charge in [0.05, 0.1) is 17.0 Å². The van der Waals surface area contributed by atoms with E-state index in [1.807, 2.05) is 31.2 Å². The molecule has 0 aliphatic carbocycles. The maximum Gasteiger partial charge on any atom is 0.260 e. The van der Waals surface area contributed by atoms with E-state index in [-0.39, 0.29) is 24.0 Å². The minimum Gasteiger partial charge on any atom is -0.484 e. The van der Waals surface area contributed by atoms with E-state index in [1.54, 1.807) is 7.05 Å². The van der Waals surface area contributed by atoms with E-state index >= 15 is 0 Å². The van der Waals surface area contributed by atoms with Crippen LogP contribution in [0.1, 0.15) is 38.7 Å². The van der Waals surface area contributed by atoms with Crippen LogP contribution >= 0.6 is 0 Å². The van der Waals surface area contributed by atoms with Gasteiger partial charge in [-0.2, -0.15) is 0 Å². The van der Waals surface area contributed by atoms with Crippen molar-refractivity contribution in [1.82, 2.24) is 4.90 Å². The molecule has 0 radical (unpaired) electrons. The molecule has 5 nitrogen and oxygen atoms in total. The Hall–Kier alpha value is -1.56. The second-order valence-electron chi connectivity index (χ2n) is 6.80. The van der Waals surface area contributed by atoms with E-state index in [4.69, 9.17) is 4.74 Å². The van der Waals surface area contributed by atoms with Crippen LogP contribution in [0.25, 0.3) is 0 Å². The fraction of sp³-hybridized carbons (Fsp3) is 0.588. The number of nitrogens with zero attached hydrogens (tertiary/aromatic N) is 1. The first-order valence-corrected chi connectivity index (χ1v) is 9.65. The van der Waals surface area contributed by atoms with Crippen molar-refractivity contribution in [2.75, 3.05) is 25.2 Å². The molecule has 1 aliphatic rings. The molecular weight excluding hydrogens is 314 g/mol. The zero-order valence-electron chi connectivity index (χ0n) is 14.2. The standard InChI is InChI=1S/C17H25NO4S/c1-13(2)14-5-7-15(8-6-14)22-11-16(19)18(4)17(3)9-10-23(20,21)12-17/h5-8,13H,9-12H2,1-4H3. The number of benzene rings is 1. The maximum atomic E-state index is 12.3. The van der Waals surface area contributed by atoms with Gasteiger partial charge in [0.15, 0.2) is 16.4 Å². The number of hydrogen-bond donors (Lipinski definition) is 0. The number of ether oxygens (including phenoxy) is 1. The first-order valence-electron chi connectivity index (χ1n) is 7.83. The number of amides is 1. The Morgan fingerprint density at radius 2 is 1.91 bits per heavy atom. The van der Waals surface area contributed by atoms with Crippen molar-refractivity contribution in [3.63, 3.8) is 0 Å². The van der Waals surface area contributed by atoms with Gasteiger partial charge in [0.2, 0.25) is 0 Å². The second kappa shape index (κ2) is 6.51. The predicted molar refractivity (Wildman–Crippen MR) is 90.5 cm³/mol. The van der Waals surface area contributed by atoms with Gasteiger partial charge in [-0.25, -0.2) is 8.42 Å². The first kappa shape index (κ1) is 17.8. The molecule has 2 rings (SSSR count). The lowest BCUT2D eigenvalue weighted by atomic mass is 10.00.